The van der Waals surface area contributed by atoms with Crippen LogP contribution < -0.4 is 10.1 Å². The number of rotatable bonds is 6. The quantitative estimate of drug-likeness (QED) is 0.812. The molecule has 1 unspecified atom stereocenters. The van der Waals surface area contributed by atoms with Gasteiger partial charge in [0, 0.05) is 11.7 Å². The number of methoxy groups -OCH3 is 1. The molecule has 1 N–H and O–H groups in total. The molecule has 4 nitrogen and oxygen atoms in total. The molecule has 0 radical (unpaired) electrons. The van der Waals surface area contributed by atoms with Gasteiger partial charge < -0.3 is 15.0 Å². The average Bonchev–Trinajstić information content (AvgIpc) is 2.48. The lowest BCUT2D eigenvalue weighted by molar-refractivity contribution is -0.105. The van der Waals surface area contributed by atoms with E-state index in [1.165, 1.54) is 25.8 Å². The predicted molar refractivity (Wildman–Crippen MR) is 81.3 cm³/mol. The maximum atomic E-state index is 10.7. The third-order valence-corrected chi connectivity index (χ3v) is 4.20. The van der Waals surface area contributed by atoms with Crippen molar-refractivity contribution in [1.82, 2.24) is 4.90 Å². The molecule has 1 aliphatic heterocycles. The van der Waals surface area contributed by atoms with E-state index in [4.69, 9.17) is 4.74 Å². The second kappa shape index (κ2) is 7.29. The molecule has 110 valence electrons. The zero-order valence-electron chi connectivity index (χ0n) is 12.4. The number of carbonyl (C=O) groups excluding carboxylic acids is 1. The Kier molecular flexibility index (Phi) is 5.41. The van der Waals surface area contributed by atoms with Crippen molar-refractivity contribution in [2.75, 3.05) is 26.0 Å². The zero-order chi connectivity index (χ0) is 14.4. The van der Waals surface area contributed by atoms with Crippen LogP contribution in [0.3, 0.4) is 0 Å². The topological polar surface area (TPSA) is 41.6 Å². The van der Waals surface area contributed by atoms with E-state index in [2.05, 4.69) is 17.3 Å². The summed E-state index contributed by atoms with van der Waals surface area (Å²) in [6.07, 6.45) is 6.73. The minimum absolute atomic E-state index is 0.652. The van der Waals surface area contributed by atoms with Crippen molar-refractivity contribution in [3.63, 3.8) is 0 Å². The van der Waals surface area contributed by atoms with Crippen LogP contribution in [-0.2, 0) is 11.2 Å². The first-order valence-corrected chi connectivity index (χ1v) is 7.32. The second-order valence-corrected chi connectivity index (χ2v) is 5.45. The van der Waals surface area contributed by atoms with Crippen LogP contribution >= 0.6 is 0 Å². The van der Waals surface area contributed by atoms with Crippen molar-refractivity contribution in [3.05, 3.63) is 23.8 Å². The van der Waals surface area contributed by atoms with Crippen LogP contribution in [0.1, 0.15) is 31.2 Å². The Hall–Kier alpha value is -1.55. The van der Waals surface area contributed by atoms with Crippen LogP contribution in [-0.4, -0.2) is 38.1 Å². The first-order valence-electron chi connectivity index (χ1n) is 7.32. The van der Waals surface area contributed by atoms with Gasteiger partial charge in [-0.25, -0.2) is 0 Å². The van der Waals surface area contributed by atoms with Crippen molar-refractivity contribution in [2.24, 2.45) is 0 Å². The molecule has 1 aromatic carbocycles. The number of anilines is 1. The minimum Gasteiger partial charge on any atom is -0.497 e. The first kappa shape index (κ1) is 14.9. The molecule has 0 aliphatic carbocycles. The van der Waals surface area contributed by atoms with Crippen LogP contribution in [0.25, 0.3) is 0 Å². The van der Waals surface area contributed by atoms with Gasteiger partial charge in [-0.15, -0.1) is 0 Å². The first-order chi connectivity index (χ1) is 9.74. The largest absolute Gasteiger partial charge is 0.497 e. The SMILES string of the molecule is COc1ccc(NC=O)c(CCC2CCCCN2C)c1. The van der Waals surface area contributed by atoms with Gasteiger partial charge in [0.1, 0.15) is 5.75 Å². The summed E-state index contributed by atoms with van der Waals surface area (Å²) in [6, 6.07) is 6.46. The van der Waals surface area contributed by atoms with Gasteiger partial charge >= 0.3 is 0 Å². The minimum atomic E-state index is 0.652. The van der Waals surface area contributed by atoms with Gasteiger partial charge in [-0.2, -0.15) is 0 Å². The van der Waals surface area contributed by atoms with Crippen molar-refractivity contribution in [2.45, 2.75) is 38.1 Å². The molecule has 0 spiro atoms. The Morgan fingerprint density at radius 2 is 2.30 bits per heavy atom. The molecule has 1 atom stereocenters. The summed E-state index contributed by atoms with van der Waals surface area (Å²) in [5, 5.41) is 2.78. The average molecular weight is 276 g/mol. The fourth-order valence-corrected chi connectivity index (χ4v) is 2.94. The monoisotopic (exact) mass is 276 g/mol. The lowest BCUT2D eigenvalue weighted by Gasteiger charge is -2.32. The van der Waals surface area contributed by atoms with E-state index < -0.39 is 0 Å². The summed E-state index contributed by atoms with van der Waals surface area (Å²) in [7, 11) is 3.88. The van der Waals surface area contributed by atoms with Crippen LogP contribution in [0.4, 0.5) is 5.69 Å². The fraction of sp³-hybridized carbons (Fsp3) is 0.562. The molecule has 1 heterocycles. The number of piperidine rings is 1. The van der Waals surface area contributed by atoms with Crippen LogP contribution in [0.2, 0.25) is 0 Å². The smallest absolute Gasteiger partial charge is 0.211 e. The third kappa shape index (κ3) is 3.73. The maximum absolute atomic E-state index is 10.7. The highest BCUT2D eigenvalue weighted by molar-refractivity contribution is 5.73. The number of carbonyl (C=O) groups is 1. The number of nitrogens with one attached hydrogen (secondary N) is 1. The van der Waals surface area contributed by atoms with E-state index in [0.717, 1.165) is 36.3 Å². The highest BCUT2D eigenvalue weighted by Crippen LogP contribution is 2.26. The van der Waals surface area contributed by atoms with E-state index >= 15 is 0 Å². The summed E-state index contributed by atoms with van der Waals surface area (Å²) in [6.45, 7) is 1.20. The van der Waals surface area contributed by atoms with Gasteiger partial charge in [-0.05, 0) is 63.0 Å². The molecule has 2 rings (SSSR count). The summed E-state index contributed by atoms with van der Waals surface area (Å²) in [5.74, 6) is 0.841. The van der Waals surface area contributed by atoms with E-state index in [9.17, 15) is 4.79 Å². The Morgan fingerprint density at radius 1 is 1.45 bits per heavy atom. The lowest BCUT2D eigenvalue weighted by Crippen LogP contribution is -2.36. The summed E-state index contributed by atoms with van der Waals surface area (Å²) in [5.41, 5.74) is 2.04. The van der Waals surface area contributed by atoms with Crippen molar-refractivity contribution in [3.8, 4) is 5.75 Å². The van der Waals surface area contributed by atoms with E-state index in [1.54, 1.807) is 7.11 Å². The Bertz CT molecular complexity index is 448. The molecule has 0 aromatic heterocycles. The summed E-state index contributed by atoms with van der Waals surface area (Å²) < 4.78 is 5.27. The number of aryl methyl sites for hydroxylation is 1. The van der Waals surface area contributed by atoms with Gasteiger partial charge in [0.25, 0.3) is 0 Å². The number of amides is 1. The number of ether oxygens (including phenoxy) is 1. The molecular formula is C16H24N2O2. The predicted octanol–water partition coefficient (Wildman–Crippen LogP) is 2.68. The molecule has 1 saturated heterocycles. The summed E-state index contributed by atoms with van der Waals surface area (Å²) in [4.78, 5) is 13.1. The van der Waals surface area contributed by atoms with Crippen LogP contribution in [0.5, 0.6) is 5.75 Å². The molecule has 1 aromatic rings. The zero-order valence-corrected chi connectivity index (χ0v) is 12.4. The normalized spacial score (nSPS) is 19.6. The molecule has 1 aliphatic rings. The van der Waals surface area contributed by atoms with Gasteiger partial charge in [0.2, 0.25) is 6.41 Å². The van der Waals surface area contributed by atoms with Crippen LogP contribution in [0.15, 0.2) is 18.2 Å². The highest BCUT2D eigenvalue weighted by Gasteiger charge is 2.19. The molecule has 1 fully saturated rings. The van der Waals surface area contributed by atoms with E-state index in [0.29, 0.717) is 6.04 Å². The molecule has 1 amide bonds. The molecular weight excluding hydrogens is 252 g/mol. The van der Waals surface area contributed by atoms with Crippen molar-refractivity contribution in [1.29, 1.82) is 0 Å². The Labute approximate surface area is 121 Å². The van der Waals surface area contributed by atoms with Gasteiger partial charge in [-0.1, -0.05) is 6.42 Å². The fourth-order valence-electron chi connectivity index (χ4n) is 2.94. The standard InChI is InChI=1S/C16H24N2O2/c1-18-10-4-3-5-14(18)7-6-13-11-15(20-2)8-9-16(13)17-12-19/h8-9,11-12,14H,3-7,10H2,1-2H3,(H,17,19). The molecule has 4 heteroatoms. The number of hydrogen-bond donors (Lipinski definition) is 1. The van der Waals surface area contributed by atoms with Gasteiger partial charge in [0.15, 0.2) is 0 Å². The maximum Gasteiger partial charge on any atom is 0.211 e. The van der Waals surface area contributed by atoms with Crippen molar-refractivity contribution < 1.29 is 9.53 Å². The second-order valence-electron chi connectivity index (χ2n) is 5.45. The lowest BCUT2D eigenvalue weighted by atomic mass is 9.96. The summed E-state index contributed by atoms with van der Waals surface area (Å²) >= 11 is 0. The van der Waals surface area contributed by atoms with E-state index in [-0.39, 0.29) is 0 Å². The molecule has 20 heavy (non-hydrogen) atoms. The van der Waals surface area contributed by atoms with E-state index in [1.807, 2.05) is 18.2 Å². The van der Waals surface area contributed by atoms with Gasteiger partial charge in [0.05, 0.1) is 7.11 Å². The van der Waals surface area contributed by atoms with Gasteiger partial charge in [-0.3, -0.25) is 4.79 Å². The Morgan fingerprint density at radius 3 is 3.00 bits per heavy atom. The number of benzene rings is 1. The molecule has 0 bridgehead atoms. The molecule has 0 saturated carbocycles. The number of hydrogen-bond acceptors (Lipinski definition) is 3. The highest BCUT2D eigenvalue weighted by atomic mass is 16.5. The third-order valence-electron chi connectivity index (χ3n) is 4.20. The van der Waals surface area contributed by atoms with Crippen LogP contribution in [0, 0.1) is 0 Å². The number of nitrogens with zero attached hydrogens (tertiary/aromatic N) is 1. The van der Waals surface area contributed by atoms with Crippen molar-refractivity contribution >= 4 is 12.1 Å². The Balaban J connectivity index is 2.04. The number of likely N-dealkylation sites (tertiary alicyclic amines) is 1.